The highest BCUT2D eigenvalue weighted by Gasteiger charge is 2.15. The summed E-state index contributed by atoms with van der Waals surface area (Å²) < 4.78 is 5.65. The lowest BCUT2D eigenvalue weighted by atomic mass is 10.1. The van der Waals surface area contributed by atoms with Crippen LogP contribution in [0.25, 0.3) is 0 Å². The van der Waals surface area contributed by atoms with E-state index in [4.69, 9.17) is 10.5 Å². The van der Waals surface area contributed by atoms with E-state index in [9.17, 15) is 0 Å². The fraction of sp³-hybridized carbons (Fsp3) is 0.571. The van der Waals surface area contributed by atoms with Crippen LogP contribution in [0.15, 0.2) is 24.3 Å². The molecular formula is C14H22N2O. The van der Waals surface area contributed by atoms with Crippen molar-refractivity contribution in [3.05, 3.63) is 29.8 Å². The topological polar surface area (TPSA) is 38.5 Å². The molecule has 0 radical (unpaired) electrons. The first-order chi connectivity index (χ1) is 8.16. The van der Waals surface area contributed by atoms with Gasteiger partial charge in [-0.1, -0.05) is 12.1 Å². The van der Waals surface area contributed by atoms with Crippen LogP contribution >= 0.6 is 0 Å². The summed E-state index contributed by atoms with van der Waals surface area (Å²) in [5.41, 5.74) is 8.31. The summed E-state index contributed by atoms with van der Waals surface area (Å²) in [5, 5.41) is 0. The molecule has 1 aromatic carbocycles. The van der Waals surface area contributed by atoms with E-state index in [1.807, 2.05) is 6.92 Å². The maximum atomic E-state index is 5.86. The Morgan fingerprint density at radius 2 is 2.06 bits per heavy atom. The standard InChI is InChI=1S/C14H22N2O/c1-11-10-16(8-3-9-17-11)14-6-4-13(5-7-14)12(2)15/h4-7,11-12H,3,8-10,15H2,1-2H3/t11?,12-/m1/s1. The summed E-state index contributed by atoms with van der Waals surface area (Å²) in [4.78, 5) is 2.39. The van der Waals surface area contributed by atoms with Crippen molar-refractivity contribution in [1.29, 1.82) is 0 Å². The van der Waals surface area contributed by atoms with Crippen LogP contribution in [0.5, 0.6) is 0 Å². The molecule has 1 aliphatic rings. The molecule has 1 unspecified atom stereocenters. The van der Waals surface area contributed by atoms with Gasteiger partial charge in [0.25, 0.3) is 0 Å². The lowest BCUT2D eigenvalue weighted by Crippen LogP contribution is -2.30. The number of hydrogen-bond acceptors (Lipinski definition) is 3. The second-order valence-corrected chi connectivity index (χ2v) is 4.86. The van der Waals surface area contributed by atoms with Gasteiger partial charge in [0.1, 0.15) is 0 Å². The van der Waals surface area contributed by atoms with E-state index in [0.717, 1.165) is 26.1 Å². The Bertz CT molecular complexity index is 348. The molecule has 0 bridgehead atoms. The molecule has 0 aliphatic carbocycles. The van der Waals surface area contributed by atoms with Crippen LogP contribution in [0.2, 0.25) is 0 Å². The van der Waals surface area contributed by atoms with Gasteiger partial charge in [0.2, 0.25) is 0 Å². The van der Waals surface area contributed by atoms with Gasteiger partial charge in [0.05, 0.1) is 6.10 Å². The Balaban J connectivity index is 2.10. The Morgan fingerprint density at radius 3 is 2.71 bits per heavy atom. The number of rotatable bonds is 2. The number of nitrogens with zero attached hydrogens (tertiary/aromatic N) is 1. The van der Waals surface area contributed by atoms with Gasteiger partial charge in [-0.3, -0.25) is 0 Å². The zero-order valence-electron chi connectivity index (χ0n) is 10.7. The zero-order chi connectivity index (χ0) is 12.3. The highest BCUT2D eigenvalue weighted by Crippen LogP contribution is 2.20. The largest absolute Gasteiger partial charge is 0.377 e. The third-order valence-corrected chi connectivity index (χ3v) is 3.24. The summed E-state index contributed by atoms with van der Waals surface area (Å²) >= 11 is 0. The first-order valence-electron chi connectivity index (χ1n) is 6.39. The Kier molecular flexibility index (Phi) is 4.02. The molecule has 1 heterocycles. The quantitative estimate of drug-likeness (QED) is 0.853. The molecule has 2 atom stereocenters. The van der Waals surface area contributed by atoms with Crippen LogP contribution in [-0.2, 0) is 4.74 Å². The molecule has 94 valence electrons. The van der Waals surface area contributed by atoms with Gasteiger partial charge in [-0.2, -0.15) is 0 Å². The lowest BCUT2D eigenvalue weighted by Gasteiger charge is -2.24. The number of nitrogens with two attached hydrogens (primary N) is 1. The van der Waals surface area contributed by atoms with Gasteiger partial charge >= 0.3 is 0 Å². The van der Waals surface area contributed by atoms with Crippen molar-refractivity contribution in [3.8, 4) is 0 Å². The number of hydrogen-bond donors (Lipinski definition) is 1. The molecule has 2 rings (SSSR count). The summed E-state index contributed by atoms with van der Waals surface area (Å²) in [6, 6.07) is 8.68. The predicted molar refractivity (Wildman–Crippen MR) is 71.3 cm³/mol. The van der Waals surface area contributed by atoms with Crippen LogP contribution in [0, 0.1) is 0 Å². The van der Waals surface area contributed by atoms with Crippen molar-refractivity contribution in [2.75, 3.05) is 24.6 Å². The average molecular weight is 234 g/mol. The molecule has 0 spiro atoms. The summed E-state index contributed by atoms with van der Waals surface area (Å²) in [6.07, 6.45) is 1.41. The molecule has 3 heteroatoms. The SMILES string of the molecule is CC1CN(c2ccc([C@@H](C)N)cc2)CCCO1. The van der Waals surface area contributed by atoms with E-state index in [0.29, 0.717) is 6.10 Å². The molecule has 1 saturated heterocycles. The highest BCUT2D eigenvalue weighted by atomic mass is 16.5. The van der Waals surface area contributed by atoms with Crippen molar-refractivity contribution in [2.24, 2.45) is 5.73 Å². The van der Waals surface area contributed by atoms with Gasteiger partial charge in [-0.15, -0.1) is 0 Å². The van der Waals surface area contributed by atoms with E-state index < -0.39 is 0 Å². The maximum Gasteiger partial charge on any atom is 0.0721 e. The fourth-order valence-corrected chi connectivity index (χ4v) is 2.22. The average Bonchev–Trinajstić information content (AvgIpc) is 2.54. The lowest BCUT2D eigenvalue weighted by molar-refractivity contribution is 0.0821. The first kappa shape index (κ1) is 12.4. The van der Waals surface area contributed by atoms with Crippen molar-refractivity contribution < 1.29 is 4.74 Å². The Hall–Kier alpha value is -1.06. The summed E-state index contributed by atoms with van der Waals surface area (Å²) in [6.45, 7) is 7.06. The van der Waals surface area contributed by atoms with Crippen molar-refractivity contribution in [3.63, 3.8) is 0 Å². The molecule has 1 aromatic rings. The molecule has 0 saturated carbocycles. The smallest absolute Gasteiger partial charge is 0.0721 e. The van der Waals surface area contributed by atoms with Gasteiger partial charge < -0.3 is 15.4 Å². The molecular weight excluding hydrogens is 212 g/mol. The normalized spacial score (nSPS) is 23.2. The monoisotopic (exact) mass is 234 g/mol. The van der Waals surface area contributed by atoms with E-state index >= 15 is 0 Å². The molecule has 1 aliphatic heterocycles. The van der Waals surface area contributed by atoms with Crippen LogP contribution in [0.1, 0.15) is 31.9 Å². The van der Waals surface area contributed by atoms with Crippen LogP contribution in [0.4, 0.5) is 5.69 Å². The molecule has 17 heavy (non-hydrogen) atoms. The van der Waals surface area contributed by atoms with Crippen molar-refractivity contribution >= 4 is 5.69 Å². The van der Waals surface area contributed by atoms with Crippen LogP contribution in [0.3, 0.4) is 0 Å². The zero-order valence-corrected chi connectivity index (χ0v) is 10.7. The summed E-state index contributed by atoms with van der Waals surface area (Å²) in [5.74, 6) is 0. The van der Waals surface area contributed by atoms with E-state index in [-0.39, 0.29) is 6.04 Å². The second-order valence-electron chi connectivity index (χ2n) is 4.86. The molecule has 1 fully saturated rings. The minimum absolute atomic E-state index is 0.107. The number of benzene rings is 1. The second kappa shape index (κ2) is 5.52. The van der Waals surface area contributed by atoms with Gasteiger partial charge in [0.15, 0.2) is 0 Å². The Morgan fingerprint density at radius 1 is 1.35 bits per heavy atom. The highest BCUT2D eigenvalue weighted by molar-refractivity contribution is 5.48. The van der Waals surface area contributed by atoms with Gasteiger partial charge in [0, 0.05) is 31.4 Å². The minimum atomic E-state index is 0.107. The van der Waals surface area contributed by atoms with Gasteiger partial charge in [-0.25, -0.2) is 0 Å². The minimum Gasteiger partial charge on any atom is -0.377 e. The molecule has 0 aromatic heterocycles. The van der Waals surface area contributed by atoms with E-state index in [1.54, 1.807) is 0 Å². The molecule has 0 amide bonds. The number of anilines is 1. The Labute approximate surface area is 104 Å². The fourth-order valence-electron chi connectivity index (χ4n) is 2.22. The van der Waals surface area contributed by atoms with Crippen molar-refractivity contribution in [1.82, 2.24) is 0 Å². The molecule has 2 N–H and O–H groups in total. The number of ether oxygens (including phenoxy) is 1. The van der Waals surface area contributed by atoms with E-state index in [2.05, 4.69) is 36.1 Å². The van der Waals surface area contributed by atoms with E-state index in [1.165, 1.54) is 11.3 Å². The third kappa shape index (κ3) is 3.20. The van der Waals surface area contributed by atoms with Crippen LogP contribution < -0.4 is 10.6 Å². The first-order valence-corrected chi connectivity index (χ1v) is 6.39. The maximum absolute atomic E-state index is 5.86. The van der Waals surface area contributed by atoms with Gasteiger partial charge in [-0.05, 0) is 38.0 Å². The predicted octanol–water partition coefficient (Wildman–Crippen LogP) is 2.32. The van der Waals surface area contributed by atoms with Crippen LogP contribution in [-0.4, -0.2) is 25.8 Å². The van der Waals surface area contributed by atoms with Crippen molar-refractivity contribution in [2.45, 2.75) is 32.4 Å². The third-order valence-electron chi connectivity index (χ3n) is 3.24. The molecule has 3 nitrogen and oxygen atoms in total. The summed E-state index contributed by atoms with van der Waals surface area (Å²) in [7, 11) is 0.